The van der Waals surface area contributed by atoms with Crippen LogP contribution in [0.15, 0.2) is 27.8 Å². The van der Waals surface area contributed by atoms with Gasteiger partial charge in [0, 0.05) is 38.0 Å². The Hall–Kier alpha value is -2.58. The Kier molecular flexibility index (Phi) is 4.76. The van der Waals surface area contributed by atoms with E-state index in [0.29, 0.717) is 28.7 Å². The Balaban J connectivity index is 1.94. The average molecular weight is 404 g/mol. The van der Waals surface area contributed by atoms with Crippen molar-refractivity contribution in [1.82, 2.24) is 18.7 Å². The van der Waals surface area contributed by atoms with Gasteiger partial charge in [0.15, 0.2) is 11.2 Å². The van der Waals surface area contributed by atoms with Crippen LogP contribution in [-0.2, 0) is 24.9 Å². The number of anilines is 2. The number of nitrogens with zero attached hydrogens (tertiary/aromatic N) is 5. The van der Waals surface area contributed by atoms with E-state index in [1.54, 1.807) is 14.2 Å². The Bertz CT molecular complexity index is 1180. The van der Waals surface area contributed by atoms with E-state index in [2.05, 4.69) is 4.98 Å². The molecule has 28 heavy (non-hydrogen) atoms. The second-order valence-corrected chi connectivity index (χ2v) is 7.37. The lowest BCUT2D eigenvalue weighted by atomic mass is 10.2. The quantitative estimate of drug-likeness (QED) is 0.666. The molecule has 0 amide bonds. The SMILES string of the molecule is COCCn1c(=O)c2c(nc3n2CCCN3c2ccc(C)c(Cl)c2)n(C)c1=O. The predicted octanol–water partition coefficient (Wildman–Crippen LogP) is 2.05. The summed E-state index contributed by atoms with van der Waals surface area (Å²) in [6.45, 7) is 3.87. The van der Waals surface area contributed by atoms with Crippen molar-refractivity contribution in [3.8, 4) is 0 Å². The third kappa shape index (κ3) is 2.84. The van der Waals surface area contributed by atoms with Crippen molar-refractivity contribution in [3.63, 3.8) is 0 Å². The number of ether oxygens (including phenoxy) is 1. The third-order valence-electron chi connectivity index (χ3n) is 5.20. The molecule has 0 fully saturated rings. The highest BCUT2D eigenvalue weighted by atomic mass is 35.5. The van der Waals surface area contributed by atoms with E-state index in [0.717, 1.165) is 24.2 Å². The molecule has 1 aromatic carbocycles. The molecule has 0 aliphatic carbocycles. The Morgan fingerprint density at radius 2 is 2.04 bits per heavy atom. The molecule has 0 atom stereocenters. The molecule has 0 N–H and O–H groups in total. The van der Waals surface area contributed by atoms with Crippen molar-refractivity contribution in [2.75, 3.05) is 25.2 Å². The van der Waals surface area contributed by atoms with Gasteiger partial charge in [0.05, 0.1) is 13.2 Å². The van der Waals surface area contributed by atoms with Crippen LogP contribution >= 0.6 is 11.6 Å². The van der Waals surface area contributed by atoms with Crippen LogP contribution in [0.1, 0.15) is 12.0 Å². The van der Waals surface area contributed by atoms with Crippen LogP contribution in [0.5, 0.6) is 0 Å². The normalized spacial score (nSPS) is 13.9. The highest BCUT2D eigenvalue weighted by Crippen LogP contribution is 2.33. The van der Waals surface area contributed by atoms with E-state index in [-0.39, 0.29) is 18.7 Å². The van der Waals surface area contributed by atoms with Crippen molar-refractivity contribution in [1.29, 1.82) is 0 Å². The van der Waals surface area contributed by atoms with Gasteiger partial charge in [-0.25, -0.2) is 4.79 Å². The lowest BCUT2D eigenvalue weighted by Gasteiger charge is -2.29. The van der Waals surface area contributed by atoms with E-state index in [1.165, 1.54) is 9.13 Å². The van der Waals surface area contributed by atoms with E-state index in [9.17, 15) is 9.59 Å². The summed E-state index contributed by atoms with van der Waals surface area (Å²) >= 11 is 6.31. The highest BCUT2D eigenvalue weighted by Gasteiger charge is 2.27. The van der Waals surface area contributed by atoms with Gasteiger partial charge < -0.3 is 14.2 Å². The molecule has 9 heteroatoms. The van der Waals surface area contributed by atoms with Crippen LogP contribution in [0, 0.1) is 6.92 Å². The minimum absolute atomic E-state index is 0.204. The van der Waals surface area contributed by atoms with Gasteiger partial charge in [0.2, 0.25) is 5.95 Å². The highest BCUT2D eigenvalue weighted by molar-refractivity contribution is 6.31. The summed E-state index contributed by atoms with van der Waals surface area (Å²) in [5, 5.41) is 0.681. The summed E-state index contributed by atoms with van der Waals surface area (Å²) in [6, 6.07) is 5.86. The summed E-state index contributed by atoms with van der Waals surface area (Å²) in [6.07, 6.45) is 0.851. The monoisotopic (exact) mass is 403 g/mol. The Labute approximate surface area is 166 Å². The number of benzene rings is 1. The van der Waals surface area contributed by atoms with E-state index in [1.807, 2.05) is 34.6 Å². The third-order valence-corrected chi connectivity index (χ3v) is 5.61. The van der Waals surface area contributed by atoms with Crippen LogP contribution in [-0.4, -0.2) is 38.9 Å². The zero-order valence-corrected chi connectivity index (χ0v) is 16.9. The molecule has 0 spiro atoms. The standard InChI is InChI=1S/C19H22ClN5O3/c1-12-5-6-13(11-14(12)20)23-7-4-8-24-15-16(21-18(23)24)22(2)19(27)25(17(15)26)9-10-28-3/h5-6,11H,4,7-10H2,1-3H3. The first-order valence-corrected chi connectivity index (χ1v) is 9.54. The molecule has 0 radical (unpaired) electrons. The maximum atomic E-state index is 13.1. The van der Waals surface area contributed by atoms with Crippen LogP contribution in [0.3, 0.4) is 0 Å². The van der Waals surface area contributed by atoms with Gasteiger partial charge in [-0.2, -0.15) is 4.98 Å². The van der Waals surface area contributed by atoms with Crippen LogP contribution in [0.25, 0.3) is 11.2 Å². The zero-order chi connectivity index (χ0) is 20.0. The first-order chi connectivity index (χ1) is 13.4. The Morgan fingerprint density at radius 3 is 2.75 bits per heavy atom. The fraction of sp³-hybridized carbons (Fsp3) is 0.421. The van der Waals surface area contributed by atoms with Crippen molar-refractivity contribution < 1.29 is 4.74 Å². The summed E-state index contributed by atoms with van der Waals surface area (Å²) < 4.78 is 9.59. The van der Waals surface area contributed by atoms with Crippen molar-refractivity contribution >= 4 is 34.4 Å². The summed E-state index contributed by atoms with van der Waals surface area (Å²) in [5.41, 5.74) is 2.02. The number of aromatic nitrogens is 4. The summed E-state index contributed by atoms with van der Waals surface area (Å²) in [5.74, 6) is 0.651. The first-order valence-electron chi connectivity index (χ1n) is 9.16. The second-order valence-electron chi connectivity index (χ2n) is 6.97. The average Bonchev–Trinajstić information content (AvgIpc) is 3.08. The maximum Gasteiger partial charge on any atom is 0.332 e. The van der Waals surface area contributed by atoms with Crippen LogP contribution < -0.4 is 16.1 Å². The molecule has 4 rings (SSSR count). The zero-order valence-electron chi connectivity index (χ0n) is 16.1. The Morgan fingerprint density at radius 1 is 1.25 bits per heavy atom. The van der Waals surface area contributed by atoms with Crippen molar-refractivity contribution in [3.05, 3.63) is 49.6 Å². The molecule has 8 nitrogen and oxygen atoms in total. The summed E-state index contributed by atoms with van der Waals surface area (Å²) in [4.78, 5) is 32.4. The predicted molar refractivity (Wildman–Crippen MR) is 109 cm³/mol. The van der Waals surface area contributed by atoms with Crippen LogP contribution in [0.2, 0.25) is 5.02 Å². The number of imidazole rings is 1. The van der Waals surface area contributed by atoms with Gasteiger partial charge in [-0.3, -0.25) is 13.9 Å². The topological polar surface area (TPSA) is 74.3 Å². The number of hydrogen-bond donors (Lipinski definition) is 0. The van der Waals surface area contributed by atoms with Crippen molar-refractivity contribution in [2.24, 2.45) is 7.05 Å². The lowest BCUT2D eigenvalue weighted by Crippen LogP contribution is -2.40. The molecular weight excluding hydrogens is 382 g/mol. The van der Waals surface area contributed by atoms with E-state index in [4.69, 9.17) is 16.3 Å². The summed E-state index contributed by atoms with van der Waals surface area (Å²) in [7, 11) is 3.18. The number of fused-ring (bicyclic) bond motifs is 3. The van der Waals surface area contributed by atoms with Gasteiger partial charge in [-0.05, 0) is 31.0 Å². The molecule has 3 heterocycles. The molecular formula is C19H22ClN5O3. The van der Waals surface area contributed by atoms with Gasteiger partial charge >= 0.3 is 5.69 Å². The fourth-order valence-electron chi connectivity index (χ4n) is 3.64. The molecule has 3 aromatic rings. The molecule has 1 aliphatic heterocycles. The number of methoxy groups -OCH3 is 1. The molecule has 0 unspecified atom stereocenters. The van der Waals surface area contributed by atoms with E-state index < -0.39 is 5.69 Å². The van der Waals surface area contributed by atoms with Crippen LogP contribution in [0.4, 0.5) is 11.6 Å². The molecule has 0 saturated carbocycles. The maximum absolute atomic E-state index is 13.1. The smallest absolute Gasteiger partial charge is 0.332 e. The molecule has 1 aliphatic rings. The lowest BCUT2D eigenvalue weighted by molar-refractivity contribution is 0.184. The number of hydrogen-bond acceptors (Lipinski definition) is 5. The minimum Gasteiger partial charge on any atom is -0.383 e. The first kappa shape index (κ1) is 18.8. The molecule has 2 aromatic heterocycles. The van der Waals surface area contributed by atoms with Gasteiger partial charge in [0.1, 0.15) is 0 Å². The van der Waals surface area contributed by atoms with E-state index >= 15 is 0 Å². The van der Waals surface area contributed by atoms with Crippen molar-refractivity contribution in [2.45, 2.75) is 26.4 Å². The number of rotatable bonds is 4. The van der Waals surface area contributed by atoms with Gasteiger partial charge in [-0.15, -0.1) is 0 Å². The van der Waals surface area contributed by atoms with Gasteiger partial charge in [0.25, 0.3) is 5.56 Å². The molecule has 0 saturated heterocycles. The largest absolute Gasteiger partial charge is 0.383 e. The fourth-order valence-corrected chi connectivity index (χ4v) is 3.81. The molecule has 0 bridgehead atoms. The second kappa shape index (κ2) is 7.10. The van der Waals surface area contributed by atoms with Gasteiger partial charge in [-0.1, -0.05) is 17.7 Å². The number of halogens is 1. The minimum atomic E-state index is -0.394. The molecule has 148 valence electrons. The number of aryl methyl sites for hydroxylation is 3.